The van der Waals surface area contributed by atoms with E-state index < -0.39 is 0 Å². The summed E-state index contributed by atoms with van der Waals surface area (Å²) in [4.78, 5) is 14.7. The third-order valence-electron chi connectivity index (χ3n) is 4.63. The number of nitrogens with zero attached hydrogens (tertiary/aromatic N) is 3. The molecule has 1 fully saturated rings. The van der Waals surface area contributed by atoms with Crippen molar-refractivity contribution in [2.45, 2.75) is 72.5 Å². The quantitative estimate of drug-likeness (QED) is 0.926. The Bertz CT molecular complexity index is 535. The average molecular weight is 306 g/mol. The fourth-order valence-electron chi connectivity index (χ4n) is 3.35. The van der Waals surface area contributed by atoms with Crippen molar-refractivity contribution in [1.82, 2.24) is 14.7 Å². The van der Waals surface area contributed by atoms with Gasteiger partial charge >= 0.3 is 0 Å². The summed E-state index contributed by atoms with van der Waals surface area (Å²) >= 11 is 0. The van der Waals surface area contributed by atoms with E-state index in [0.29, 0.717) is 12.3 Å². The van der Waals surface area contributed by atoms with Gasteiger partial charge in [-0.3, -0.25) is 9.48 Å². The van der Waals surface area contributed by atoms with E-state index in [4.69, 9.17) is 5.73 Å². The highest BCUT2D eigenvalue weighted by Gasteiger charge is 2.28. The molecule has 2 N–H and O–H groups in total. The Morgan fingerprint density at radius 1 is 1.41 bits per heavy atom. The van der Waals surface area contributed by atoms with Gasteiger partial charge in [0.25, 0.3) is 0 Å². The van der Waals surface area contributed by atoms with Crippen molar-refractivity contribution < 1.29 is 4.79 Å². The number of aromatic nitrogens is 2. The summed E-state index contributed by atoms with van der Waals surface area (Å²) in [6, 6.07) is 0.471. The maximum atomic E-state index is 12.7. The molecule has 0 aliphatic carbocycles. The van der Waals surface area contributed by atoms with E-state index in [0.717, 1.165) is 42.9 Å². The third-order valence-corrected chi connectivity index (χ3v) is 4.63. The van der Waals surface area contributed by atoms with E-state index >= 15 is 0 Å². The van der Waals surface area contributed by atoms with Gasteiger partial charge in [-0.2, -0.15) is 5.10 Å². The first-order valence-corrected chi connectivity index (χ1v) is 8.37. The molecule has 1 aromatic heterocycles. The van der Waals surface area contributed by atoms with E-state index in [1.165, 1.54) is 0 Å². The highest BCUT2D eigenvalue weighted by Crippen LogP contribution is 2.20. The maximum Gasteiger partial charge on any atom is 0.227 e. The van der Waals surface area contributed by atoms with E-state index in [1.54, 1.807) is 0 Å². The summed E-state index contributed by atoms with van der Waals surface area (Å²) < 4.78 is 2.04. The van der Waals surface area contributed by atoms with Crippen LogP contribution in [0.25, 0.3) is 0 Å². The van der Waals surface area contributed by atoms with Gasteiger partial charge in [-0.05, 0) is 39.5 Å². The Morgan fingerprint density at radius 3 is 2.68 bits per heavy atom. The number of nitrogens with two attached hydrogens (primary N) is 1. The summed E-state index contributed by atoms with van der Waals surface area (Å²) in [7, 11) is 0. The van der Waals surface area contributed by atoms with Crippen LogP contribution in [0.2, 0.25) is 0 Å². The van der Waals surface area contributed by atoms with Crippen molar-refractivity contribution in [1.29, 1.82) is 0 Å². The van der Waals surface area contributed by atoms with Gasteiger partial charge in [0.1, 0.15) is 0 Å². The van der Waals surface area contributed by atoms with Gasteiger partial charge < -0.3 is 10.6 Å². The van der Waals surface area contributed by atoms with E-state index in [9.17, 15) is 4.79 Å². The second-order valence-corrected chi connectivity index (χ2v) is 7.12. The lowest BCUT2D eigenvalue weighted by atomic mass is 9.98. The Hall–Kier alpha value is -1.36. The molecule has 1 saturated heterocycles. The number of aryl methyl sites for hydroxylation is 1. The minimum Gasteiger partial charge on any atom is -0.340 e. The van der Waals surface area contributed by atoms with Crippen LogP contribution in [0, 0.1) is 19.8 Å². The normalized spacial score (nSPS) is 22.4. The molecule has 0 spiro atoms. The molecule has 1 aliphatic heterocycles. The average Bonchev–Trinajstić information content (AvgIpc) is 2.65. The molecular formula is C17H30N4O. The smallest absolute Gasteiger partial charge is 0.227 e. The van der Waals surface area contributed by atoms with Gasteiger partial charge in [-0.25, -0.2) is 0 Å². The SMILES string of the molecule is Cc1nn(CC(C)C)c(C)c1CC(=O)N1CC[C@@H](N)C[C@@H]1C. The van der Waals surface area contributed by atoms with Gasteiger partial charge in [-0.1, -0.05) is 13.8 Å². The molecule has 22 heavy (non-hydrogen) atoms. The van der Waals surface area contributed by atoms with Crippen molar-refractivity contribution in [2.24, 2.45) is 11.7 Å². The van der Waals surface area contributed by atoms with Crippen molar-refractivity contribution in [3.8, 4) is 0 Å². The van der Waals surface area contributed by atoms with Gasteiger partial charge in [0.2, 0.25) is 5.91 Å². The van der Waals surface area contributed by atoms with E-state index in [-0.39, 0.29) is 18.0 Å². The zero-order valence-corrected chi connectivity index (χ0v) is 14.6. The molecule has 2 rings (SSSR count). The standard InChI is InChI=1S/C17H30N4O/c1-11(2)10-21-14(5)16(13(4)19-21)9-17(22)20-7-6-15(18)8-12(20)3/h11-12,15H,6-10,18H2,1-5H3/t12-,15+/m0/s1. The third kappa shape index (κ3) is 3.69. The second-order valence-electron chi connectivity index (χ2n) is 7.12. The molecule has 0 aromatic carbocycles. The predicted molar refractivity (Wildman–Crippen MR) is 88.6 cm³/mol. The summed E-state index contributed by atoms with van der Waals surface area (Å²) in [5.74, 6) is 0.750. The van der Waals surface area contributed by atoms with Crippen LogP contribution in [-0.4, -0.2) is 39.2 Å². The molecule has 1 aliphatic rings. The largest absolute Gasteiger partial charge is 0.340 e. The van der Waals surface area contributed by atoms with Crippen molar-refractivity contribution >= 4 is 5.91 Å². The first kappa shape index (κ1) is 17.0. The van der Waals surface area contributed by atoms with Gasteiger partial charge in [-0.15, -0.1) is 0 Å². The number of hydrogen-bond donors (Lipinski definition) is 1. The van der Waals surface area contributed by atoms with Crippen LogP contribution in [0.3, 0.4) is 0 Å². The van der Waals surface area contributed by atoms with E-state index in [2.05, 4.69) is 32.8 Å². The Kier molecular flexibility index (Phi) is 5.27. The van der Waals surface area contributed by atoms with Crippen molar-refractivity contribution in [3.63, 3.8) is 0 Å². The lowest BCUT2D eigenvalue weighted by Gasteiger charge is -2.36. The molecule has 0 unspecified atom stereocenters. The molecule has 1 aromatic rings. The molecule has 0 saturated carbocycles. The van der Waals surface area contributed by atoms with Crippen LogP contribution in [0.1, 0.15) is 50.6 Å². The Morgan fingerprint density at radius 2 is 2.09 bits per heavy atom. The minimum atomic E-state index is 0.203. The molecule has 124 valence electrons. The number of hydrogen-bond acceptors (Lipinski definition) is 3. The van der Waals surface area contributed by atoms with Gasteiger partial charge in [0.05, 0.1) is 12.1 Å². The number of rotatable bonds is 4. The number of carbonyl (C=O) groups is 1. The zero-order valence-electron chi connectivity index (χ0n) is 14.6. The lowest BCUT2D eigenvalue weighted by molar-refractivity contribution is -0.133. The van der Waals surface area contributed by atoms with Crippen LogP contribution in [0.5, 0.6) is 0 Å². The molecule has 5 nitrogen and oxygen atoms in total. The summed E-state index contributed by atoms with van der Waals surface area (Å²) in [6.07, 6.45) is 2.26. The molecule has 0 bridgehead atoms. The first-order valence-electron chi connectivity index (χ1n) is 8.37. The second kappa shape index (κ2) is 6.82. The van der Waals surface area contributed by atoms with Crippen LogP contribution in [0.15, 0.2) is 0 Å². The monoisotopic (exact) mass is 306 g/mol. The zero-order chi connectivity index (χ0) is 16.4. The van der Waals surface area contributed by atoms with Crippen molar-refractivity contribution in [2.75, 3.05) is 6.54 Å². The van der Waals surface area contributed by atoms with E-state index in [1.807, 2.05) is 16.5 Å². The molecule has 2 heterocycles. The number of piperidine rings is 1. The van der Waals surface area contributed by atoms with Crippen LogP contribution in [0.4, 0.5) is 0 Å². The summed E-state index contributed by atoms with van der Waals surface area (Å²) in [5.41, 5.74) is 9.18. The Balaban J connectivity index is 2.10. The summed E-state index contributed by atoms with van der Waals surface area (Å²) in [5, 5.41) is 4.61. The lowest BCUT2D eigenvalue weighted by Crippen LogP contribution is -2.48. The minimum absolute atomic E-state index is 0.203. The fourth-order valence-corrected chi connectivity index (χ4v) is 3.35. The molecule has 2 atom stereocenters. The number of amides is 1. The van der Waals surface area contributed by atoms with Crippen molar-refractivity contribution in [3.05, 3.63) is 17.0 Å². The fraction of sp³-hybridized carbons (Fsp3) is 0.765. The molecule has 0 radical (unpaired) electrons. The van der Waals surface area contributed by atoms with Crippen LogP contribution >= 0.6 is 0 Å². The molecular weight excluding hydrogens is 276 g/mol. The Labute approximate surface area is 133 Å². The van der Waals surface area contributed by atoms with Crippen LogP contribution < -0.4 is 5.73 Å². The number of likely N-dealkylation sites (tertiary alicyclic amines) is 1. The topological polar surface area (TPSA) is 64.2 Å². The maximum absolute atomic E-state index is 12.7. The highest BCUT2D eigenvalue weighted by molar-refractivity contribution is 5.79. The van der Waals surface area contributed by atoms with Gasteiger partial charge in [0.15, 0.2) is 0 Å². The highest BCUT2D eigenvalue weighted by atomic mass is 16.2. The predicted octanol–water partition coefficient (Wildman–Crippen LogP) is 2.04. The van der Waals surface area contributed by atoms with Crippen LogP contribution in [-0.2, 0) is 17.8 Å². The summed E-state index contributed by atoms with van der Waals surface area (Å²) in [6.45, 7) is 12.2. The van der Waals surface area contributed by atoms with Gasteiger partial charge in [0, 0.05) is 36.4 Å². The number of carbonyl (C=O) groups excluding carboxylic acids is 1. The molecule has 5 heteroatoms. The molecule has 1 amide bonds. The first-order chi connectivity index (χ1) is 10.3.